The van der Waals surface area contributed by atoms with Crippen LogP contribution >= 0.6 is 0 Å². The smallest absolute Gasteiger partial charge is 0.335 e. The van der Waals surface area contributed by atoms with Gasteiger partial charge in [-0.2, -0.15) is 0 Å². The van der Waals surface area contributed by atoms with Crippen molar-refractivity contribution >= 4 is 17.7 Å². The lowest BCUT2D eigenvalue weighted by Gasteiger charge is -2.04. The molecule has 2 aromatic rings. The second-order valence-electron chi connectivity index (χ2n) is 4.54. The number of carboxylic acid groups (broad SMARTS) is 1. The number of carbonyl (C=O) groups excluding carboxylic acids is 2. The maximum Gasteiger partial charge on any atom is 0.335 e. The molecule has 0 bridgehead atoms. The minimum atomic E-state index is -0.992. The number of amides is 1. The van der Waals surface area contributed by atoms with Gasteiger partial charge in [0.25, 0.3) is 5.91 Å². The molecule has 2 rings (SSSR count). The van der Waals surface area contributed by atoms with E-state index in [1.165, 1.54) is 31.3 Å². The molecule has 3 N–H and O–H groups in total. The van der Waals surface area contributed by atoms with Crippen molar-refractivity contribution in [3.63, 3.8) is 0 Å². The summed E-state index contributed by atoms with van der Waals surface area (Å²) in [6.45, 7) is 1.70. The molecule has 108 valence electrons. The van der Waals surface area contributed by atoms with Crippen molar-refractivity contribution in [1.82, 2.24) is 10.3 Å². The zero-order chi connectivity index (χ0) is 15.4. The third-order valence-electron chi connectivity index (χ3n) is 2.99. The molecule has 0 fully saturated rings. The Balaban J connectivity index is 1.97. The van der Waals surface area contributed by atoms with Crippen LogP contribution in [0.3, 0.4) is 0 Å². The summed E-state index contributed by atoms with van der Waals surface area (Å²) in [6.07, 6.45) is 1.49. The Bertz CT molecular complexity index is 686. The van der Waals surface area contributed by atoms with E-state index in [1.54, 1.807) is 12.1 Å². The summed E-state index contributed by atoms with van der Waals surface area (Å²) in [6, 6.07) is 7.72. The van der Waals surface area contributed by atoms with Gasteiger partial charge in [-0.15, -0.1) is 0 Å². The van der Waals surface area contributed by atoms with Crippen molar-refractivity contribution in [1.29, 1.82) is 0 Å². The summed E-state index contributed by atoms with van der Waals surface area (Å²) in [4.78, 5) is 36.5. The van der Waals surface area contributed by atoms with E-state index in [0.717, 1.165) is 5.56 Å². The molecule has 0 saturated carbocycles. The van der Waals surface area contributed by atoms with E-state index >= 15 is 0 Å². The van der Waals surface area contributed by atoms with Gasteiger partial charge in [-0.25, -0.2) is 4.79 Å². The van der Waals surface area contributed by atoms with E-state index in [0.29, 0.717) is 11.3 Å². The van der Waals surface area contributed by atoms with Gasteiger partial charge in [-0.05, 0) is 30.7 Å². The number of H-pyrrole nitrogens is 1. The van der Waals surface area contributed by atoms with Gasteiger partial charge < -0.3 is 15.4 Å². The van der Waals surface area contributed by atoms with Gasteiger partial charge in [0, 0.05) is 18.3 Å². The lowest BCUT2D eigenvalue weighted by Crippen LogP contribution is -2.23. The van der Waals surface area contributed by atoms with Crippen LogP contribution in [0.15, 0.2) is 36.5 Å². The van der Waals surface area contributed by atoms with Crippen molar-refractivity contribution in [2.24, 2.45) is 0 Å². The summed E-state index contributed by atoms with van der Waals surface area (Å²) in [5.41, 5.74) is 1.74. The number of carboxylic acids is 1. The largest absolute Gasteiger partial charge is 0.478 e. The molecule has 0 aliphatic carbocycles. The predicted molar refractivity (Wildman–Crippen MR) is 75.4 cm³/mol. The van der Waals surface area contributed by atoms with Crippen LogP contribution in [0.4, 0.5) is 0 Å². The van der Waals surface area contributed by atoms with Crippen LogP contribution < -0.4 is 5.32 Å². The highest BCUT2D eigenvalue weighted by Gasteiger charge is 2.10. The molecule has 0 aliphatic heterocycles. The van der Waals surface area contributed by atoms with Crippen LogP contribution in [0, 0.1) is 0 Å². The number of hydrogen-bond donors (Lipinski definition) is 3. The van der Waals surface area contributed by atoms with Crippen molar-refractivity contribution in [2.75, 3.05) is 0 Å². The van der Waals surface area contributed by atoms with Crippen LogP contribution in [-0.4, -0.2) is 27.8 Å². The lowest BCUT2D eigenvalue weighted by molar-refractivity contribution is 0.0696. The second-order valence-corrected chi connectivity index (χ2v) is 4.54. The van der Waals surface area contributed by atoms with Gasteiger partial charge in [0.05, 0.1) is 5.56 Å². The molecule has 21 heavy (non-hydrogen) atoms. The number of Topliss-reactive ketones (excluding diaryl/α,β-unsaturated/α-hetero) is 1. The average molecular weight is 286 g/mol. The number of nitrogens with one attached hydrogen (secondary N) is 2. The third kappa shape index (κ3) is 3.56. The molecule has 0 atom stereocenters. The Morgan fingerprint density at radius 3 is 2.33 bits per heavy atom. The fourth-order valence-electron chi connectivity index (χ4n) is 1.77. The molecule has 0 spiro atoms. The summed E-state index contributed by atoms with van der Waals surface area (Å²) in [7, 11) is 0. The first-order valence-corrected chi connectivity index (χ1v) is 6.27. The highest BCUT2D eigenvalue weighted by Crippen LogP contribution is 2.06. The molecule has 0 saturated heterocycles. The number of aromatic amines is 1. The van der Waals surface area contributed by atoms with Gasteiger partial charge in [0.15, 0.2) is 5.78 Å². The number of carbonyl (C=O) groups is 3. The first-order valence-electron chi connectivity index (χ1n) is 6.27. The predicted octanol–water partition coefficient (Wildman–Crippen LogP) is 1.85. The van der Waals surface area contributed by atoms with Crippen molar-refractivity contribution in [3.05, 3.63) is 58.9 Å². The molecule has 1 heterocycles. The Morgan fingerprint density at radius 2 is 1.81 bits per heavy atom. The first-order chi connectivity index (χ1) is 9.97. The summed E-state index contributed by atoms with van der Waals surface area (Å²) in [5, 5.41) is 11.5. The second kappa shape index (κ2) is 6.04. The van der Waals surface area contributed by atoms with E-state index in [2.05, 4.69) is 10.3 Å². The Morgan fingerprint density at radius 1 is 1.14 bits per heavy atom. The number of aromatic nitrogens is 1. The van der Waals surface area contributed by atoms with Gasteiger partial charge in [-0.3, -0.25) is 9.59 Å². The summed E-state index contributed by atoms with van der Waals surface area (Å²) in [5.74, 6) is -1.44. The van der Waals surface area contributed by atoms with Crippen molar-refractivity contribution in [2.45, 2.75) is 13.5 Å². The zero-order valence-corrected chi connectivity index (χ0v) is 11.3. The van der Waals surface area contributed by atoms with Crippen molar-refractivity contribution < 1.29 is 19.5 Å². The van der Waals surface area contributed by atoms with Crippen LogP contribution in [-0.2, 0) is 6.54 Å². The van der Waals surface area contributed by atoms with Gasteiger partial charge in [-0.1, -0.05) is 12.1 Å². The summed E-state index contributed by atoms with van der Waals surface area (Å²) >= 11 is 0. The van der Waals surface area contributed by atoms with Crippen LogP contribution in [0.1, 0.15) is 43.7 Å². The third-order valence-corrected chi connectivity index (χ3v) is 2.99. The number of benzene rings is 1. The van der Waals surface area contributed by atoms with E-state index in [-0.39, 0.29) is 23.8 Å². The first kappa shape index (κ1) is 14.5. The number of hydrogen-bond acceptors (Lipinski definition) is 3. The molecule has 0 unspecified atom stereocenters. The minimum Gasteiger partial charge on any atom is -0.478 e. The molecular formula is C15H14N2O4. The maximum absolute atomic E-state index is 11.9. The molecule has 1 aromatic heterocycles. The maximum atomic E-state index is 11.9. The zero-order valence-electron chi connectivity index (χ0n) is 11.3. The van der Waals surface area contributed by atoms with Crippen LogP contribution in [0.2, 0.25) is 0 Å². The minimum absolute atomic E-state index is 0.116. The van der Waals surface area contributed by atoms with Gasteiger partial charge in [0.2, 0.25) is 0 Å². The van der Waals surface area contributed by atoms with Gasteiger partial charge >= 0.3 is 5.97 Å². The average Bonchev–Trinajstić information content (AvgIpc) is 2.95. The van der Waals surface area contributed by atoms with E-state index in [9.17, 15) is 14.4 Å². The molecule has 6 heteroatoms. The monoisotopic (exact) mass is 286 g/mol. The molecular weight excluding hydrogens is 272 g/mol. The quantitative estimate of drug-likeness (QED) is 0.730. The topological polar surface area (TPSA) is 99.3 Å². The highest BCUT2D eigenvalue weighted by atomic mass is 16.4. The normalized spacial score (nSPS) is 10.1. The summed E-state index contributed by atoms with van der Waals surface area (Å²) < 4.78 is 0. The van der Waals surface area contributed by atoms with Crippen LogP contribution in [0.25, 0.3) is 0 Å². The Labute approximate surface area is 120 Å². The number of aromatic carboxylic acids is 1. The van der Waals surface area contributed by atoms with Crippen molar-refractivity contribution in [3.8, 4) is 0 Å². The standard InChI is InChI=1S/C15H14N2O4/c1-9(18)12-6-13(16-8-12)14(19)17-7-10-2-4-11(5-3-10)15(20)21/h2-6,8,16H,7H2,1H3,(H,17,19)(H,20,21). The fourth-order valence-corrected chi connectivity index (χ4v) is 1.77. The Kier molecular flexibility index (Phi) is 4.18. The molecule has 6 nitrogen and oxygen atoms in total. The molecule has 0 aliphatic rings. The number of ketones is 1. The van der Waals surface area contributed by atoms with E-state index in [4.69, 9.17) is 5.11 Å². The SMILES string of the molecule is CC(=O)c1c[nH]c(C(=O)NCc2ccc(C(=O)O)cc2)c1. The Hall–Kier alpha value is -2.89. The van der Waals surface area contributed by atoms with Gasteiger partial charge in [0.1, 0.15) is 5.69 Å². The molecule has 0 radical (unpaired) electrons. The number of rotatable bonds is 5. The molecule has 1 aromatic carbocycles. The highest BCUT2D eigenvalue weighted by molar-refractivity contribution is 5.99. The van der Waals surface area contributed by atoms with Crippen LogP contribution in [0.5, 0.6) is 0 Å². The van der Waals surface area contributed by atoms with E-state index < -0.39 is 5.97 Å². The fraction of sp³-hybridized carbons (Fsp3) is 0.133. The molecule has 1 amide bonds. The van der Waals surface area contributed by atoms with E-state index in [1.807, 2.05) is 0 Å². The lowest BCUT2D eigenvalue weighted by atomic mass is 10.1.